The molecule has 0 aliphatic carbocycles. The molecule has 0 aliphatic rings. The van der Waals surface area contributed by atoms with E-state index in [0.717, 1.165) is 21.2 Å². The van der Waals surface area contributed by atoms with Crippen LogP contribution in [-0.2, 0) is 0 Å². The zero-order valence-corrected chi connectivity index (χ0v) is 24.4. The lowest BCUT2D eigenvalue weighted by Crippen LogP contribution is -2.34. The minimum atomic E-state index is -0.350. The second kappa shape index (κ2) is 11.9. The maximum absolute atomic E-state index is 10.4. The topological polar surface area (TPSA) is 71.0 Å². The summed E-state index contributed by atoms with van der Waals surface area (Å²) in [5.41, 5.74) is 12.9. The van der Waals surface area contributed by atoms with E-state index < -0.39 is 0 Å². The van der Waals surface area contributed by atoms with Gasteiger partial charge in [0.05, 0.1) is 42.3 Å². The van der Waals surface area contributed by atoms with Crippen molar-refractivity contribution in [3.63, 3.8) is 0 Å². The van der Waals surface area contributed by atoms with Crippen molar-refractivity contribution in [3.8, 4) is 5.75 Å². The van der Waals surface area contributed by atoms with Crippen molar-refractivity contribution >= 4 is 29.5 Å². The summed E-state index contributed by atoms with van der Waals surface area (Å²) >= 11 is 0. The predicted molar refractivity (Wildman–Crippen MR) is 172 cm³/mol. The summed E-state index contributed by atoms with van der Waals surface area (Å²) in [6.07, 6.45) is 3.59. The Morgan fingerprint density at radius 2 is 0.975 bits per heavy atom. The van der Waals surface area contributed by atoms with Crippen molar-refractivity contribution in [2.45, 2.75) is 12.1 Å². The number of quaternary nitrogens is 2. The van der Waals surface area contributed by atoms with E-state index in [2.05, 4.69) is 90.8 Å². The van der Waals surface area contributed by atoms with Crippen LogP contribution in [0.25, 0.3) is 0 Å². The molecule has 2 atom stereocenters. The van der Waals surface area contributed by atoms with E-state index in [9.17, 15) is 5.11 Å². The van der Waals surface area contributed by atoms with Crippen LogP contribution in [0.2, 0.25) is 0 Å². The third-order valence-corrected chi connectivity index (χ3v) is 7.00. The highest BCUT2D eigenvalue weighted by atomic mass is 16.3. The van der Waals surface area contributed by atoms with E-state index in [1.165, 1.54) is 11.4 Å². The zero-order valence-electron chi connectivity index (χ0n) is 24.4. The molecule has 0 radical (unpaired) electrons. The fourth-order valence-electron chi connectivity index (χ4n) is 4.48. The summed E-state index contributed by atoms with van der Waals surface area (Å²) in [5, 5.41) is 10.4. The van der Waals surface area contributed by atoms with Crippen LogP contribution in [0.15, 0.2) is 107 Å². The number of phenolic OH excluding ortho intramolecular Hbond substituents is 1. The van der Waals surface area contributed by atoms with Gasteiger partial charge in [-0.2, -0.15) is 0 Å². The van der Waals surface area contributed by atoms with Crippen LogP contribution in [0.1, 0.15) is 34.3 Å². The smallest absolute Gasteiger partial charge is 0.132 e. The minimum absolute atomic E-state index is 0.190. The van der Waals surface area contributed by atoms with Gasteiger partial charge >= 0.3 is 0 Å². The van der Waals surface area contributed by atoms with Crippen LogP contribution in [0.3, 0.4) is 0 Å². The largest absolute Gasteiger partial charge is 0.507 e. The van der Waals surface area contributed by atoms with E-state index in [4.69, 9.17) is 15.7 Å². The van der Waals surface area contributed by atoms with Gasteiger partial charge in [-0.3, -0.25) is 19.0 Å². The Hall–Kier alpha value is -4.26. The summed E-state index contributed by atoms with van der Waals surface area (Å²) in [6.45, 7) is 0. The molecule has 4 aromatic rings. The normalized spacial score (nSPS) is 14.1. The fourth-order valence-corrected chi connectivity index (χ4v) is 4.48. The Morgan fingerprint density at radius 3 is 1.40 bits per heavy atom. The van der Waals surface area contributed by atoms with Gasteiger partial charge in [0.1, 0.15) is 29.2 Å². The first-order valence-corrected chi connectivity index (χ1v) is 13.5. The Labute approximate surface area is 238 Å². The molecule has 0 saturated carbocycles. The van der Waals surface area contributed by atoms with Crippen molar-refractivity contribution in [3.05, 3.63) is 119 Å². The first kappa shape index (κ1) is 28.7. The molecule has 0 amide bonds. The van der Waals surface area contributed by atoms with Crippen LogP contribution < -0.4 is 14.7 Å². The SMILES string of the molecule is C[N+](C)(C)c1ccc(C(N=Cc2ccccc2N)C(N=Cc2ccccc2O)c2ccc([N+](C)(C)C)cc2)cc1. The molecule has 6 nitrogen and oxygen atoms in total. The number of nitrogens with zero attached hydrogens (tertiary/aromatic N) is 4. The number of rotatable bonds is 9. The lowest BCUT2D eigenvalue weighted by molar-refractivity contribution is 0.474. The molecule has 4 aromatic carbocycles. The van der Waals surface area contributed by atoms with Crippen molar-refractivity contribution < 1.29 is 5.11 Å². The third kappa shape index (κ3) is 7.03. The Morgan fingerprint density at radius 1 is 0.575 bits per heavy atom. The van der Waals surface area contributed by atoms with Gasteiger partial charge in [0.2, 0.25) is 0 Å². The van der Waals surface area contributed by atoms with E-state index >= 15 is 0 Å². The van der Waals surface area contributed by atoms with E-state index in [-0.39, 0.29) is 17.8 Å². The molecule has 0 aliphatic heterocycles. The summed E-state index contributed by atoms with van der Waals surface area (Å²) in [4.78, 5) is 10.2. The number of anilines is 1. The first-order chi connectivity index (χ1) is 18.9. The highest BCUT2D eigenvalue weighted by Crippen LogP contribution is 2.38. The number of hydrogen-bond donors (Lipinski definition) is 2. The molecule has 40 heavy (non-hydrogen) atoms. The van der Waals surface area contributed by atoms with E-state index in [1.807, 2.05) is 42.6 Å². The number of hydrogen-bond acceptors (Lipinski definition) is 4. The third-order valence-electron chi connectivity index (χ3n) is 7.00. The Bertz CT molecular complexity index is 1360. The average molecular weight is 536 g/mol. The molecule has 6 heteroatoms. The summed E-state index contributed by atoms with van der Waals surface area (Å²) in [5.74, 6) is 0.190. The summed E-state index contributed by atoms with van der Waals surface area (Å²) < 4.78 is 1.43. The number of benzene rings is 4. The van der Waals surface area contributed by atoms with Gasteiger partial charge < -0.3 is 10.8 Å². The molecular weight excluding hydrogens is 494 g/mol. The molecule has 0 bridgehead atoms. The molecule has 2 unspecified atom stereocenters. The highest BCUT2D eigenvalue weighted by Gasteiger charge is 2.25. The van der Waals surface area contributed by atoms with Crippen LogP contribution in [0.4, 0.5) is 17.1 Å². The van der Waals surface area contributed by atoms with Gasteiger partial charge in [-0.15, -0.1) is 0 Å². The van der Waals surface area contributed by atoms with Gasteiger partial charge in [0, 0.05) is 29.2 Å². The van der Waals surface area contributed by atoms with Gasteiger partial charge in [-0.25, -0.2) is 0 Å². The van der Waals surface area contributed by atoms with Crippen molar-refractivity contribution in [2.24, 2.45) is 9.98 Å². The molecule has 206 valence electrons. The van der Waals surface area contributed by atoms with Crippen LogP contribution in [0.5, 0.6) is 5.75 Å². The Kier molecular flexibility index (Phi) is 8.52. The number of aliphatic imine (C=N–C) groups is 2. The van der Waals surface area contributed by atoms with Crippen LogP contribution in [-0.4, -0.2) is 59.8 Å². The lowest BCUT2D eigenvalue weighted by Gasteiger charge is -2.26. The molecule has 4 rings (SSSR count). The van der Waals surface area contributed by atoms with E-state index in [0.29, 0.717) is 15.7 Å². The number of nitrogen functional groups attached to an aromatic ring is 1. The maximum atomic E-state index is 10.4. The fraction of sp³-hybridized carbons (Fsp3) is 0.235. The van der Waals surface area contributed by atoms with Crippen molar-refractivity contribution in [1.29, 1.82) is 0 Å². The predicted octanol–water partition coefficient (Wildman–Crippen LogP) is 6.39. The van der Waals surface area contributed by atoms with Gasteiger partial charge in [0.25, 0.3) is 0 Å². The second-order valence-electron chi connectivity index (χ2n) is 11.8. The van der Waals surface area contributed by atoms with Gasteiger partial charge in [-0.1, -0.05) is 54.6 Å². The number of para-hydroxylation sites is 2. The molecule has 3 N–H and O–H groups in total. The van der Waals surface area contributed by atoms with Gasteiger partial charge in [0.15, 0.2) is 0 Å². The van der Waals surface area contributed by atoms with Crippen LogP contribution in [0, 0.1) is 0 Å². The summed E-state index contributed by atoms with van der Waals surface area (Å²) in [6, 6.07) is 31.4. The van der Waals surface area contributed by atoms with Crippen LogP contribution >= 0.6 is 0 Å². The monoisotopic (exact) mass is 535 g/mol. The minimum Gasteiger partial charge on any atom is -0.507 e. The van der Waals surface area contributed by atoms with Crippen molar-refractivity contribution in [1.82, 2.24) is 8.97 Å². The second-order valence-corrected chi connectivity index (χ2v) is 11.8. The molecule has 0 fully saturated rings. The molecule has 0 spiro atoms. The maximum Gasteiger partial charge on any atom is 0.132 e. The zero-order chi connectivity index (χ0) is 28.9. The number of aromatic hydroxyl groups is 1. The highest BCUT2D eigenvalue weighted by molar-refractivity contribution is 5.87. The summed E-state index contributed by atoms with van der Waals surface area (Å²) in [7, 11) is 12.9. The molecule has 0 aromatic heterocycles. The average Bonchev–Trinajstić information content (AvgIpc) is 2.91. The lowest BCUT2D eigenvalue weighted by atomic mass is 9.93. The molecule has 0 saturated heterocycles. The standard InChI is InChI=1S/C34H40N5O/c1-38(2,3)29-19-15-25(16-20-29)33(36-23-27-11-7-9-13-31(27)35)34(37-24-28-12-8-10-14-32(28)40)26-17-21-30(22-18-26)39(4,5)6/h7-24,33-34H,1-6H3,(H2-,35,36,37,40)/q+1/p+1. The van der Waals surface area contributed by atoms with Gasteiger partial charge in [-0.05, 0) is 53.6 Å². The van der Waals surface area contributed by atoms with E-state index in [1.54, 1.807) is 18.3 Å². The number of nitrogens with two attached hydrogens (primary N) is 1. The first-order valence-electron chi connectivity index (χ1n) is 13.5. The molecular formula is C34H41N5O+2. The molecule has 0 heterocycles. The number of phenols is 1. The quantitative estimate of drug-likeness (QED) is 0.148. The van der Waals surface area contributed by atoms with Crippen molar-refractivity contribution in [2.75, 3.05) is 48.0 Å². The Balaban J connectivity index is 1.86.